The molecule has 0 radical (unpaired) electrons. The molecule has 0 saturated carbocycles. The summed E-state index contributed by atoms with van der Waals surface area (Å²) < 4.78 is 0. The molecule has 66 valence electrons. The largest absolute Gasteiger partial charge is 0.354 e. The van der Waals surface area contributed by atoms with E-state index in [1.165, 1.54) is 0 Å². The predicted octanol–water partition coefficient (Wildman–Crippen LogP) is 0.366. The van der Waals surface area contributed by atoms with E-state index in [1.54, 1.807) is 7.05 Å². The number of amides is 1. The van der Waals surface area contributed by atoms with Crippen LogP contribution >= 0.6 is 0 Å². The first kappa shape index (κ1) is 10.4. The molecule has 0 bridgehead atoms. The molecule has 11 heavy (non-hydrogen) atoms. The number of rotatable bonds is 4. The molecule has 3 nitrogen and oxygen atoms in total. The predicted molar refractivity (Wildman–Crippen MR) is 46.4 cm³/mol. The molecule has 0 fully saturated rings. The number of likely N-dealkylation sites (N-methyl/N-ethyl adjacent to an activating group) is 1. The lowest BCUT2D eigenvalue weighted by atomic mass is 10.2. The van der Waals surface area contributed by atoms with Gasteiger partial charge in [-0.2, -0.15) is 0 Å². The van der Waals surface area contributed by atoms with Gasteiger partial charge in [-0.05, 0) is 19.9 Å². The minimum absolute atomic E-state index is 0.0706. The first-order valence-electron chi connectivity index (χ1n) is 4.03. The second-order valence-electron chi connectivity index (χ2n) is 3.15. The molecule has 0 aliphatic heterocycles. The van der Waals surface area contributed by atoms with Gasteiger partial charge in [-0.3, -0.25) is 4.79 Å². The van der Waals surface area contributed by atoms with Crippen LogP contribution in [0.5, 0.6) is 0 Å². The first-order chi connectivity index (χ1) is 5.07. The molecule has 0 heterocycles. The maximum absolute atomic E-state index is 11.1. The Hall–Kier alpha value is -0.570. The van der Waals surface area contributed by atoms with Crippen molar-refractivity contribution >= 4 is 5.91 Å². The van der Waals surface area contributed by atoms with Crippen LogP contribution in [0, 0.1) is 5.92 Å². The van der Waals surface area contributed by atoms with Crippen LogP contribution in [0.4, 0.5) is 0 Å². The second kappa shape index (κ2) is 5.13. The Balaban J connectivity index is 3.52. The van der Waals surface area contributed by atoms with Crippen LogP contribution in [0.2, 0.25) is 0 Å². The Bertz CT molecular complexity index is 123. The zero-order chi connectivity index (χ0) is 8.85. The van der Waals surface area contributed by atoms with E-state index >= 15 is 0 Å². The van der Waals surface area contributed by atoms with Gasteiger partial charge in [0.25, 0.3) is 0 Å². The molecule has 0 spiro atoms. The van der Waals surface area contributed by atoms with E-state index in [1.807, 2.05) is 6.92 Å². The summed E-state index contributed by atoms with van der Waals surface area (Å²) in [4.78, 5) is 11.1. The van der Waals surface area contributed by atoms with Crippen molar-refractivity contribution in [3.8, 4) is 0 Å². The van der Waals surface area contributed by atoms with Crippen LogP contribution in [-0.2, 0) is 4.79 Å². The number of hydrogen-bond donors (Lipinski definition) is 2. The minimum Gasteiger partial charge on any atom is -0.354 e. The normalized spacial score (nSPS) is 13.2. The average Bonchev–Trinajstić information content (AvgIpc) is 1.98. The van der Waals surface area contributed by atoms with Gasteiger partial charge in [0, 0.05) is 6.54 Å². The third kappa shape index (κ3) is 4.79. The highest BCUT2D eigenvalue weighted by molar-refractivity contribution is 5.81. The van der Waals surface area contributed by atoms with E-state index in [2.05, 4.69) is 24.5 Å². The van der Waals surface area contributed by atoms with Crippen molar-refractivity contribution in [2.45, 2.75) is 26.8 Å². The van der Waals surface area contributed by atoms with E-state index in [0.29, 0.717) is 5.92 Å². The second-order valence-corrected chi connectivity index (χ2v) is 3.15. The van der Waals surface area contributed by atoms with Crippen molar-refractivity contribution in [3.05, 3.63) is 0 Å². The van der Waals surface area contributed by atoms with Crippen molar-refractivity contribution < 1.29 is 4.79 Å². The fourth-order valence-corrected chi connectivity index (χ4v) is 0.589. The molecule has 0 aliphatic rings. The number of carbonyl (C=O) groups is 1. The molecular weight excluding hydrogens is 140 g/mol. The van der Waals surface area contributed by atoms with Crippen molar-refractivity contribution in [2.75, 3.05) is 13.6 Å². The molecule has 1 amide bonds. The van der Waals surface area contributed by atoms with Gasteiger partial charge in [-0.15, -0.1) is 0 Å². The third-order valence-corrected chi connectivity index (χ3v) is 1.51. The Labute approximate surface area is 68.6 Å². The summed E-state index contributed by atoms with van der Waals surface area (Å²) in [6.45, 7) is 6.75. The maximum atomic E-state index is 11.1. The van der Waals surface area contributed by atoms with Crippen LogP contribution in [0.15, 0.2) is 0 Å². The van der Waals surface area contributed by atoms with Crippen molar-refractivity contribution in [3.63, 3.8) is 0 Å². The number of carbonyl (C=O) groups excluding carboxylic acids is 1. The molecule has 0 rings (SSSR count). The molecule has 0 aromatic rings. The lowest BCUT2D eigenvalue weighted by Crippen LogP contribution is -2.41. The lowest BCUT2D eigenvalue weighted by molar-refractivity contribution is -0.122. The summed E-state index contributed by atoms with van der Waals surface area (Å²) in [6, 6.07) is -0.0891. The summed E-state index contributed by atoms with van der Waals surface area (Å²) in [6.07, 6.45) is 0. The standard InChI is InChI=1S/C8H18N2O/c1-6(2)5-10-8(11)7(3)9-4/h6-7,9H,5H2,1-4H3,(H,10,11)/t7-/m0/s1. The maximum Gasteiger partial charge on any atom is 0.236 e. The monoisotopic (exact) mass is 158 g/mol. The summed E-state index contributed by atoms with van der Waals surface area (Å²) in [5.74, 6) is 0.587. The van der Waals surface area contributed by atoms with Gasteiger partial charge in [-0.25, -0.2) is 0 Å². The van der Waals surface area contributed by atoms with Crippen LogP contribution < -0.4 is 10.6 Å². The molecule has 0 aromatic carbocycles. The molecule has 3 heteroatoms. The summed E-state index contributed by atoms with van der Waals surface area (Å²) >= 11 is 0. The molecular formula is C8H18N2O. The van der Waals surface area contributed by atoms with Crippen LogP contribution in [0.25, 0.3) is 0 Å². The van der Waals surface area contributed by atoms with Crippen LogP contribution in [0.1, 0.15) is 20.8 Å². The quantitative estimate of drug-likeness (QED) is 0.620. The summed E-state index contributed by atoms with van der Waals surface area (Å²) in [5.41, 5.74) is 0. The van der Waals surface area contributed by atoms with E-state index in [0.717, 1.165) is 6.54 Å². The van der Waals surface area contributed by atoms with Gasteiger partial charge in [0.05, 0.1) is 6.04 Å². The summed E-state index contributed by atoms with van der Waals surface area (Å²) in [7, 11) is 1.78. The lowest BCUT2D eigenvalue weighted by Gasteiger charge is -2.12. The Kier molecular flexibility index (Phi) is 4.86. The van der Waals surface area contributed by atoms with E-state index < -0.39 is 0 Å². The molecule has 2 N–H and O–H groups in total. The number of hydrogen-bond acceptors (Lipinski definition) is 2. The van der Waals surface area contributed by atoms with Crippen molar-refractivity contribution in [1.29, 1.82) is 0 Å². The van der Waals surface area contributed by atoms with Gasteiger partial charge in [0.1, 0.15) is 0 Å². The van der Waals surface area contributed by atoms with Crippen molar-refractivity contribution in [2.24, 2.45) is 5.92 Å². The van der Waals surface area contributed by atoms with Crippen LogP contribution in [0.3, 0.4) is 0 Å². The minimum atomic E-state index is -0.0891. The highest BCUT2D eigenvalue weighted by Gasteiger charge is 2.08. The fraction of sp³-hybridized carbons (Fsp3) is 0.875. The fourth-order valence-electron chi connectivity index (χ4n) is 0.589. The molecule has 0 aliphatic carbocycles. The van der Waals surface area contributed by atoms with Gasteiger partial charge >= 0.3 is 0 Å². The Morgan fingerprint density at radius 3 is 2.27 bits per heavy atom. The zero-order valence-corrected chi connectivity index (χ0v) is 7.77. The summed E-state index contributed by atoms with van der Waals surface area (Å²) in [5, 5.41) is 5.71. The van der Waals surface area contributed by atoms with Gasteiger partial charge in [0.2, 0.25) is 5.91 Å². The average molecular weight is 158 g/mol. The van der Waals surface area contributed by atoms with E-state index in [9.17, 15) is 4.79 Å². The topological polar surface area (TPSA) is 41.1 Å². The Morgan fingerprint density at radius 2 is 1.91 bits per heavy atom. The van der Waals surface area contributed by atoms with E-state index in [-0.39, 0.29) is 11.9 Å². The van der Waals surface area contributed by atoms with E-state index in [4.69, 9.17) is 0 Å². The molecule has 0 unspecified atom stereocenters. The molecule has 0 aromatic heterocycles. The van der Waals surface area contributed by atoms with Gasteiger partial charge in [-0.1, -0.05) is 13.8 Å². The van der Waals surface area contributed by atoms with Crippen LogP contribution in [-0.4, -0.2) is 25.5 Å². The third-order valence-electron chi connectivity index (χ3n) is 1.51. The SMILES string of the molecule is CN[C@@H](C)C(=O)NCC(C)C. The highest BCUT2D eigenvalue weighted by Crippen LogP contribution is 1.88. The zero-order valence-electron chi connectivity index (χ0n) is 7.77. The smallest absolute Gasteiger partial charge is 0.236 e. The van der Waals surface area contributed by atoms with Crippen molar-refractivity contribution in [1.82, 2.24) is 10.6 Å². The highest BCUT2D eigenvalue weighted by atomic mass is 16.2. The first-order valence-corrected chi connectivity index (χ1v) is 4.03. The molecule has 0 saturated heterocycles. The molecule has 1 atom stereocenters. The number of nitrogens with one attached hydrogen (secondary N) is 2. The van der Waals surface area contributed by atoms with Gasteiger partial charge < -0.3 is 10.6 Å². The Morgan fingerprint density at radius 1 is 1.36 bits per heavy atom. The van der Waals surface area contributed by atoms with Gasteiger partial charge in [0.15, 0.2) is 0 Å².